The van der Waals surface area contributed by atoms with Crippen LogP contribution in [-0.2, 0) is 4.74 Å². The van der Waals surface area contributed by atoms with E-state index in [1.807, 2.05) is 6.20 Å². The first-order chi connectivity index (χ1) is 10.1. The van der Waals surface area contributed by atoms with Crippen LogP contribution >= 0.6 is 0 Å². The molecule has 0 bridgehead atoms. The molecule has 2 aromatic rings. The Morgan fingerprint density at radius 2 is 2.10 bits per heavy atom. The van der Waals surface area contributed by atoms with Crippen LogP contribution in [0, 0.1) is 5.41 Å². The number of rotatable bonds is 5. The van der Waals surface area contributed by atoms with E-state index < -0.39 is 0 Å². The zero-order valence-corrected chi connectivity index (χ0v) is 12.9. The lowest BCUT2D eigenvalue weighted by Crippen LogP contribution is -2.58. The van der Waals surface area contributed by atoms with Gasteiger partial charge in [-0.15, -0.1) is 0 Å². The Kier molecular flexibility index (Phi) is 3.72. The molecule has 2 unspecified atom stereocenters. The Hall–Kier alpha value is -1.81. The topological polar surface area (TPSA) is 49.9 Å². The average molecular weight is 285 g/mol. The molecule has 0 amide bonds. The minimum Gasteiger partial charge on any atom is -0.382 e. The molecular formula is C17H23N3O. The predicted molar refractivity (Wildman–Crippen MR) is 85.2 cm³/mol. The standard InChI is InChI=1S/C17H23N3O/c1-4-21-16-9-15(17(16,2)3)20-13-7-5-12(6-8-13)14-10-18-11-19-14/h5-8,10-11,15-16,20H,4,9H2,1-3H3,(H,18,19). The quantitative estimate of drug-likeness (QED) is 0.881. The van der Waals surface area contributed by atoms with E-state index in [2.05, 4.69) is 60.3 Å². The van der Waals surface area contributed by atoms with Crippen LogP contribution in [0.5, 0.6) is 0 Å². The third-order valence-corrected chi connectivity index (χ3v) is 4.58. The third-order valence-electron chi connectivity index (χ3n) is 4.58. The first-order valence-corrected chi connectivity index (χ1v) is 7.58. The van der Waals surface area contributed by atoms with Gasteiger partial charge in [-0.25, -0.2) is 4.98 Å². The van der Waals surface area contributed by atoms with Crippen LogP contribution in [0.3, 0.4) is 0 Å². The van der Waals surface area contributed by atoms with E-state index in [4.69, 9.17) is 4.74 Å². The van der Waals surface area contributed by atoms with Gasteiger partial charge in [-0.05, 0) is 31.0 Å². The summed E-state index contributed by atoms with van der Waals surface area (Å²) < 4.78 is 5.78. The fourth-order valence-electron chi connectivity index (χ4n) is 2.98. The number of aromatic amines is 1. The van der Waals surface area contributed by atoms with Gasteiger partial charge < -0.3 is 15.0 Å². The van der Waals surface area contributed by atoms with Crippen molar-refractivity contribution >= 4 is 5.69 Å². The number of ether oxygens (including phenoxy) is 1. The van der Waals surface area contributed by atoms with Crippen molar-refractivity contribution in [3.63, 3.8) is 0 Å². The number of hydrogen-bond donors (Lipinski definition) is 2. The normalized spacial score (nSPS) is 23.6. The van der Waals surface area contributed by atoms with Crippen molar-refractivity contribution in [2.24, 2.45) is 5.41 Å². The lowest BCUT2D eigenvalue weighted by atomic mass is 9.64. The van der Waals surface area contributed by atoms with Crippen molar-refractivity contribution in [1.82, 2.24) is 9.97 Å². The fourth-order valence-corrected chi connectivity index (χ4v) is 2.98. The van der Waals surface area contributed by atoms with Gasteiger partial charge in [0.2, 0.25) is 0 Å². The van der Waals surface area contributed by atoms with Crippen LogP contribution < -0.4 is 5.32 Å². The van der Waals surface area contributed by atoms with Gasteiger partial charge in [0.15, 0.2) is 0 Å². The molecule has 1 heterocycles. The van der Waals surface area contributed by atoms with Gasteiger partial charge in [0, 0.05) is 23.8 Å². The van der Waals surface area contributed by atoms with Crippen LogP contribution in [0.2, 0.25) is 0 Å². The summed E-state index contributed by atoms with van der Waals surface area (Å²) in [6.07, 6.45) is 4.98. The Morgan fingerprint density at radius 1 is 1.33 bits per heavy atom. The maximum absolute atomic E-state index is 5.78. The summed E-state index contributed by atoms with van der Waals surface area (Å²) in [5.41, 5.74) is 3.53. The number of aromatic nitrogens is 2. The maximum atomic E-state index is 5.78. The van der Waals surface area contributed by atoms with Crippen LogP contribution in [0.15, 0.2) is 36.8 Å². The number of anilines is 1. The van der Waals surface area contributed by atoms with Gasteiger partial charge in [-0.3, -0.25) is 0 Å². The first kappa shape index (κ1) is 14.1. The highest BCUT2D eigenvalue weighted by atomic mass is 16.5. The number of H-pyrrole nitrogens is 1. The van der Waals surface area contributed by atoms with Crippen molar-refractivity contribution in [3.05, 3.63) is 36.8 Å². The smallest absolute Gasteiger partial charge is 0.0924 e. The second-order valence-electron chi connectivity index (χ2n) is 6.24. The van der Waals surface area contributed by atoms with Gasteiger partial charge in [0.25, 0.3) is 0 Å². The van der Waals surface area contributed by atoms with Crippen LogP contribution in [-0.4, -0.2) is 28.7 Å². The average Bonchev–Trinajstić information content (AvgIpc) is 3.01. The van der Waals surface area contributed by atoms with Crippen molar-refractivity contribution < 1.29 is 4.74 Å². The van der Waals surface area contributed by atoms with Crippen LogP contribution in [0.25, 0.3) is 11.3 Å². The Balaban J connectivity index is 1.64. The molecule has 2 atom stereocenters. The maximum Gasteiger partial charge on any atom is 0.0924 e. The molecule has 3 rings (SSSR count). The largest absolute Gasteiger partial charge is 0.382 e. The molecule has 21 heavy (non-hydrogen) atoms. The molecule has 2 N–H and O–H groups in total. The number of benzene rings is 1. The molecule has 112 valence electrons. The highest BCUT2D eigenvalue weighted by Gasteiger charge is 2.48. The molecule has 1 aromatic carbocycles. The van der Waals surface area contributed by atoms with Crippen molar-refractivity contribution in [1.29, 1.82) is 0 Å². The molecule has 0 aliphatic heterocycles. The van der Waals surface area contributed by atoms with E-state index in [0.717, 1.165) is 30.0 Å². The van der Waals surface area contributed by atoms with Gasteiger partial charge in [0.05, 0.1) is 24.3 Å². The van der Waals surface area contributed by atoms with Crippen molar-refractivity contribution in [2.45, 2.75) is 39.3 Å². The fraction of sp³-hybridized carbons (Fsp3) is 0.471. The molecule has 4 heteroatoms. The van der Waals surface area contributed by atoms with Crippen molar-refractivity contribution in [3.8, 4) is 11.3 Å². The van der Waals surface area contributed by atoms with E-state index in [-0.39, 0.29) is 5.41 Å². The number of nitrogens with one attached hydrogen (secondary N) is 2. The minimum absolute atomic E-state index is 0.179. The molecule has 1 saturated carbocycles. The summed E-state index contributed by atoms with van der Waals surface area (Å²) in [5.74, 6) is 0. The Labute approximate surface area is 125 Å². The van der Waals surface area contributed by atoms with Crippen LogP contribution in [0.1, 0.15) is 27.2 Å². The summed E-state index contributed by atoms with van der Waals surface area (Å²) in [6.45, 7) is 7.39. The predicted octanol–water partition coefficient (Wildman–Crippen LogP) is 3.69. The number of hydrogen-bond acceptors (Lipinski definition) is 3. The second kappa shape index (κ2) is 5.53. The monoisotopic (exact) mass is 285 g/mol. The lowest BCUT2D eigenvalue weighted by Gasteiger charge is -2.52. The van der Waals surface area contributed by atoms with Gasteiger partial charge >= 0.3 is 0 Å². The summed E-state index contributed by atoms with van der Waals surface area (Å²) in [4.78, 5) is 7.17. The van der Waals surface area contributed by atoms with E-state index in [1.165, 1.54) is 0 Å². The summed E-state index contributed by atoms with van der Waals surface area (Å²) >= 11 is 0. The summed E-state index contributed by atoms with van der Waals surface area (Å²) in [7, 11) is 0. The zero-order chi connectivity index (χ0) is 14.9. The number of imidazole rings is 1. The van der Waals surface area contributed by atoms with Gasteiger partial charge in [0.1, 0.15) is 0 Å². The van der Waals surface area contributed by atoms with E-state index in [1.54, 1.807) is 6.33 Å². The molecule has 1 fully saturated rings. The lowest BCUT2D eigenvalue weighted by molar-refractivity contribution is -0.0975. The first-order valence-electron chi connectivity index (χ1n) is 7.58. The van der Waals surface area contributed by atoms with E-state index in [0.29, 0.717) is 12.1 Å². The molecule has 0 radical (unpaired) electrons. The van der Waals surface area contributed by atoms with E-state index in [9.17, 15) is 0 Å². The SMILES string of the molecule is CCOC1CC(Nc2ccc(-c3cnc[nH]3)cc2)C1(C)C. The second-order valence-corrected chi connectivity index (χ2v) is 6.24. The molecular weight excluding hydrogens is 262 g/mol. The zero-order valence-electron chi connectivity index (χ0n) is 12.9. The van der Waals surface area contributed by atoms with Crippen LogP contribution in [0.4, 0.5) is 5.69 Å². The number of nitrogens with zero attached hydrogens (tertiary/aromatic N) is 1. The highest BCUT2D eigenvalue weighted by molar-refractivity contribution is 5.62. The minimum atomic E-state index is 0.179. The third kappa shape index (κ3) is 2.68. The summed E-state index contributed by atoms with van der Waals surface area (Å²) in [6, 6.07) is 8.94. The van der Waals surface area contributed by atoms with Crippen molar-refractivity contribution in [2.75, 3.05) is 11.9 Å². The Bertz CT molecular complexity index is 575. The molecule has 4 nitrogen and oxygen atoms in total. The molecule has 1 aliphatic rings. The van der Waals surface area contributed by atoms with Gasteiger partial charge in [-0.1, -0.05) is 26.0 Å². The molecule has 0 saturated heterocycles. The highest BCUT2D eigenvalue weighted by Crippen LogP contribution is 2.44. The molecule has 1 aromatic heterocycles. The molecule has 1 aliphatic carbocycles. The Morgan fingerprint density at radius 3 is 2.67 bits per heavy atom. The van der Waals surface area contributed by atoms with E-state index >= 15 is 0 Å². The molecule has 0 spiro atoms. The summed E-state index contributed by atoms with van der Waals surface area (Å²) in [5, 5.41) is 3.62. The van der Waals surface area contributed by atoms with Gasteiger partial charge in [-0.2, -0.15) is 0 Å².